The van der Waals surface area contributed by atoms with Crippen molar-refractivity contribution < 1.29 is 4.74 Å². The minimum atomic E-state index is 0.0590. The van der Waals surface area contributed by atoms with Gasteiger partial charge >= 0.3 is 0 Å². The van der Waals surface area contributed by atoms with E-state index in [0.717, 1.165) is 13.0 Å². The molecule has 0 radical (unpaired) electrons. The van der Waals surface area contributed by atoms with Crippen LogP contribution in [-0.2, 0) is 4.74 Å². The molecule has 0 aromatic heterocycles. The summed E-state index contributed by atoms with van der Waals surface area (Å²) in [5.74, 6) is 0. The van der Waals surface area contributed by atoms with Crippen LogP contribution in [0.5, 0.6) is 0 Å². The first-order chi connectivity index (χ1) is 3.80. The molecule has 4 N–H and O–H groups in total. The van der Waals surface area contributed by atoms with Crippen molar-refractivity contribution in [2.24, 2.45) is 11.5 Å². The van der Waals surface area contributed by atoms with Gasteiger partial charge in [-0.05, 0) is 6.42 Å². The lowest BCUT2D eigenvalue weighted by Crippen LogP contribution is -2.48. The Balaban J connectivity index is 2.28. The van der Waals surface area contributed by atoms with E-state index in [9.17, 15) is 0 Å². The SMILES string of the molecule is N[C@H]1CCOC[C@@H]1N. The highest BCUT2D eigenvalue weighted by molar-refractivity contribution is 4.78. The molecule has 0 amide bonds. The number of nitrogens with two attached hydrogens (primary N) is 2. The Morgan fingerprint density at radius 3 is 2.38 bits per heavy atom. The minimum absolute atomic E-state index is 0.0590. The molecule has 1 aliphatic heterocycles. The van der Waals surface area contributed by atoms with E-state index < -0.39 is 0 Å². The van der Waals surface area contributed by atoms with E-state index in [4.69, 9.17) is 16.2 Å². The largest absolute Gasteiger partial charge is 0.380 e. The van der Waals surface area contributed by atoms with Crippen molar-refractivity contribution in [3.05, 3.63) is 0 Å². The number of rotatable bonds is 0. The van der Waals surface area contributed by atoms with Crippen molar-refractivity contribution in [2.75, 3.05) is 13.2 Å². The second-order valence-corrected chi connectivity index (χ2v) is 2.19. The second kappa shape index (κ2) is 2.44. The Morgan fingerprint density at radius 2 is 2.00 bits per heavy atom. The number of ether oxygens (including phenoxy) is 1. The van der Waals surface area contributed by atoms with Gasteiger partial charge in [-0.3, -0.25) is 0 Å². The van der Waals surface area contributed by atoms with E-state index >= 15 is 0 Å². The maximum Gasteiger partial charge on any atom is 0.0632 e. The van der Waals surface area contributed by atoms with Gasteiger partial charge in [-0.25, -0.2) is 0 Å². The van der Waals surface area contributed by atoms with Crippen LogP contribution in [0.15, 0.2) is 0 Å². The summed E-state index contributed by atoms with van der Waals surface area (Å²) in [4.78, 5) is 0. The molecule has 1 fully saturated rings. The average molecular weight is 116 g/mol. The van der Waals surface area contributed by atoms with Gasteiger partial charge in [-0.15, -0.1) is 0 Å². The fraction of sp³-hybridized carbons (Fsp3) is 1.00. The van der Waals surface area contributed by atoms with Crippen LogP contribution in [0.1, 0.15) is 6.42 Å². The van der Waals surface area contributed by atoms with Crippen LogP contribution in [0, 0.1) is 0 Å². The third-order valence-corrected chi connectivity index (χ3v) is 1.46. The molecule has 0 aliphatic carbocycles. The van der Waals surface area contributed by atoms with Crippen LogP contribution in [-0.4, -0.2) is 25.3 Å². The molecule has 3 nitrogen and oxygen atoms in total. The topological polar surface area (TPSA) is 61.3 Å². The highest BCUT2D eigenvalue weighted by Gasteiger charge is 2.17. The van der Waals surface area contributed by atoms with Crippen LogP contribution in [0.4, 0.5) is 0 Å². The zero-order valence-corrected chi connectivity index (χ0v) is 4.84. The first-order valence-electron chi connectivity index (χ1n) is 2.89. The molecule has 8 heavy (non-hydrogen) atoms. The molecule has 2 atom stereocenters. The fourth-order valence-corrected chi connectivity index (χ4v) is 0.777. The lowest BCUT2D eigenvalue weighted by molar-refractivity contribution is 0.0711. The Hall–Kier alpha value is -0.120. The van der Waals surface area contributed by atoms with Gasteiger partial charge in [-0.2, -0.15) is 0 Å². The zero-order valence-electron chi connectivity index (χ0n) is 4.84. The van der Waals surface area contributed by atoms with Crippen molar-refractivity contribution >= 4 is 0 Å². The third-order valence-electron chi connectivity index (χ3n) is 1.46. The first kappa shape index (κ1) is 6.01. The van der Waals surface area contributed by atoms with Crippen LogP contribution in [0.25, 0.3) is 0 Å². The Kier molecular flexibility index (Phi) is 1.83. The molecule has 0 aromatic carbocycles. The summed E-state index contributed by atoms with van der Waals surface area (Å²) < 4.78 is 5.05. The quantitative estimate of drug-likeness (QED) is 0.429. The zero-order chi connectivity index (χ0) is 5.98. The molecule has 0 unspecified atom stereocenters. The predicted octanol–water partition coefficient (Wildman–Crippen LogP) is -0.939. The van der Waals surface area contributed by atoms with Crippen molar-refractivity contribution in [1.82, 2.24) is 0 Å². The summed E-state index contributed by atoms with van der Waals surface area (Å²) in [5.41, 5.74) is 11.1. The van der Waals surface area contributed by atoms with Crippen molar-refractivity contribution in [1.29, 1.82) is 0 Å². The Bertz CT molecular complexity index is 66.8. The molecule has 1 heterocycles. The summed E-state index contributed by atoms with van der Waals surface area (Å²) in [5, 5.41) is 0. The molecule has 48 valence electrons. The molecule has 1 saturated heterocycles. The van der Waals surface area contributed by atoms with E-state index in [2.05, 4.69) is 0 Å². The molecule has 1 rings (SSSR count). The monoisotopic (exact) mass is 116 g/mol. The van der Waals surface area contributed by atoms with Gasteiger partial charge in [0, 0.05) is 18.7 Å². The van der Waals surface area contributed by atoms with Gasteiger partial charge in [0.05, 0.1) is 6.61 Å². The molecular formula is C5H12N2O. The van der Waals surface area contributed by atoms with Gasteiger partial charge in [-0.1, -0.05) is 0 Å². The maximum absolute atomic E-state index is 5.57. The fourth-order valence-electron chi connectivity index (χ4n) is 0.777. The average Bonchev–Trinajstić information content (AvgIpc) is 1.77. The summed E-state index contributed by atoms with van der Waals surface area (Å²) >= 11 is 0. The highest BCUT2D eigenvalue weighted by atomic mass is 16.5. The molecule has 0 bridgehead atoms. The van der Waals surface area contributed by atoms with Crippen molar-refractivity contribution in [3.8, 4) is 0 Å². The van der Waals surface area contributed by atoms with Gasteiger partial charge in [0.15, 0.2) is 0 Å². The van der Waals surface area contributed by atoms with Crippen LogP contribution in [0.3, 0.4) is 0 Å². The van der Waals surface area contributed by atoms with E-state index in [1.165, 1.54) is 0 Å². The molecule has 1 aliphatic rings. The number of hydrogen-bond acceptors (Lipinski definition) is 3. The Morgan fingerprint density at radius 1 is 1.25 bits per heavy atom. The summed E-state index contributed by atoms with van der Waals surface area (Å²) in [6.45, 7) is 1.40. The highest BCUT2D eigenvalue weighted by Crippen LogP contribution is 2.01. The van der Waals surface area contributed by atoms with E-state index in [1.54, 1.807) is 0 Å². The molecule has 3 heteroatoms. The maximum atomic E-state index is 5.57. The lowest BCUT2D eigenvalue weighted by atomic mass is 10.1. The normalized spacial score (nSPS) is 39.8. The predicted molar refractivity (Wildman–Crippen MR) is 31.4 cm³/mol. The smallest absolute Gasteiger partial charge is 0.0632 e. The summed E-state index contributed by atoms with van der Waals surface area (Å²) in [7, 11) is 0. The number of hydrogen-bond donors (Lipinski definition) is 2. The second-order valence-electron chi connectivity index (χ2n) is 2.19. The Labute approximate surface area is 49.0 Å². The minimum Gasteiger partial charge on any atom is -0.380 e. The van der Waals surface area contributed by atoms with Crippen molar-refractivity contribution in [2.45, 2.75) is 18.5 Å². The van der Waals surface area contributed by atoms with Gasteiger partial charge in [0.2, 0.25) is 0 Å². The van der Waals surface area contributed by atoms with E-state index in [0.29, 0.717) is 6.61 Å². The molecular weight excluding hydrogens is 104 g/mol. The first-order valence-corrected chi connectivity index (χ1v) is 2.89. The van der Waals surface area contributed by atoms with Gasteiger partial charge in [0.1, 0.15) is 0 Å². The van der Waals surface area contributed by atoms with Crippen molar-refractivity contribution in [3.63, 3.8) is 0 Å². The third kappa shape index (κ3) is 1.18. The van der Waals surface area contributed by atoms with E-state index in [1.807, 2.05) is 0 Å². The molecule has 0 spiro atoms. The summed E-state index contributed by atoms with van der Waals surface area (Å²) in [6, 6.07) is 0.215. The van der Waals surface area contributed by atoms with Gasteiger partial charge in [0.25, 0.3) is 0 Å². The lowest BCUT2D eigenvalue weighted by Gasteiger charge is -2.24. The standard InChI is InChI=1S/C5H12N2O/c6-4-1-2-8-3-5(4)7/h4-5H,1-3,6-7H2/t4-,5-/m0/s1. The van der Waals surface area contributed by atoms with Crippen LogP contribution < -0.4 is 11.5 Å². The van der Waals surface area contributed by atoms with Crippen LogP contribution in [0.2, 0.25) is 0 Å². The molecule has 0 aromatic rings. The van der Waals surface area contributed by atoms with E-state index in [-0.39, 0.29) is 12.1 Å². The molecule has 0 saturated carbocycles. The van der Waals surface area contributed by atoms with Crippen LogP contribution >= 0.6 is 0 Å². The van der Waals surface area contributed by atoms with Gasteiger partial charge < -0.3 is 16.2 Å². The summed E-state index contributed by atoms with van der Waals surface area (Å²) in [6.07, 6.45) is 0.904.